The van der Waals surface area contributed by atoms with Crippen molar-refractivity contribution in [3.05, 3.63) is 30.9 Å². The molecule has 2 heterocycles. The molecular formula is C8H7N5. The highest BCUT2D eigenvalue weighted by Gasteiger charge is 2.03. The van der Waals surface area contributed by atoms with Crippen LogP contribution in [0.4, 0.5) is 5.82 Å². The van der Waals surface area contributed by atoms with Crippen molar-refractivity contribution < 1.29 is 0 Å². The third-order valence-corrected chi connectivity index (χ3v) is 1.60. The molecule has 0 saturated heterocycles. The smallest absolute Gasteiger partial charge is 0.153 e. The van der Waals surface area contributed by atoms with Gasteiger partial charge in [0.1, 0.15) is 12.0 Å². The summed E-state index contributed by atoms with van der Waals surface area (Å²) in [4.78, 5) is 7.73. The number of hydrogen-bond acceptors (Lipinski definition) is 5. The zero-order chi connectivity index (χ0) is 9.10. The van der Waals surface area contributed by atoms with E-state index in [1.807, 2.05) is 12.1 Å². The van der Waals surface area contributed by atoms with Gasteiger partial charge in [0.25, 0.3) is 0 Å². The average Bonchev–Trinajstić information content (AvgIpc) is 2.20. The highest BCUT2D eigenvalue weighted by Crippen LogP contribution is 2.18. The molecule has 0 aliphatic heterocycles. The predicted molar refractivity (Wildman–Crippen MR) is 47.5 cm³/mol. The maximum atomic E-state index is 5.62. The van der Waals surface area contributed by atoms with Crippen LogP contribution in [0.15, 0.2) is 30.9 Å². The highest BCUT2D eigenvalue weighted by atomic mass is 15.1. The van der Waals surface area contributed by atoms with E-state index in [-0.39, 0.29) is 0 Å². The first-order valence-corrected chi connectivity index (χ1v) is 3.71. The molecule has 0 unspecified atom stereocenters. The summed E-state index contributed by atoms with van der Waals surface area (Å²) in [5.41, 5.74) is 7.08. The number of rotatable bonds is 1. The van der Waals surface area contributed by atoms with Gasteiger partial charge in [-0.05, 0) is 12.1 Å². The van der Waals surface area contributed by atoms with E-state index >= 15 is 0 Å². The Morgan fingerprint density at radius 3 is 2.62 bits per heavy atom. The van der Waals surface area contributed by atoms with Crippen molar-refractivity contribution in [2.75, 3.05) is 5.73 Å². The zero-order valence-electron chi connectivity index (χ0n) is 6.75. The minimum atomic E-state index is 0.376. The molecular weight excluding hydrogens is 166 g/mol. The van der Waals surface area contributed by atoms with Crippen molar-refractivity contribution in [3.8, 4) is 11.3 Å². The van der Waals surface area contributed by atoms with Gasteiger partial charge in [-0.25, -0.2) is 4.98 Å². The molecule has 0 aromatic carbocycles. The summed E-state index contributed by atoms with van der Waals surface area (Å²) in [6.45, 7) is 0. The van der Waals surface area contributed by atoms with Crippen molar-refractivity contribution in [1.82, 2.24) is 20.2 Å². The van der Waals surface area contributed by atoms with Gasteiger partial charge in [0.15, 0.2) is 5.82 Å². The normalized spacial score (nSPS) is 9.85. The Hall–Kier alpha value is -2.04. The maximum Gasteiger partial charge on any atom is 0.153 e. The van der Waals surface area contributed by atoms with E-state index in [0.717, 1.165) is 5.56 Å². The molecule has 5 nitrogen and oxygen atoms in total. The summed E-state index contributed by atoms with van der Waals surface area (Å²) in [5, 5.41) is 7.54. The van der Waals surface area contributed by atoms with Crippen LogP contribution in [0.25, 0.3) is 11.3 Å². The van der Waals surface area contributed by atoms with Gasteiger partial charge in [-0.1, -0.05) is 0 Å². The standard InChI is InChI=1S/C8H7N5/c9-8-7(13-12-5-11-8)6-1-3-10-4-2-6/h1-5H,(H2,9,11,12). The van der Waals surface area contributed by atoms with Crippen molar-refractivity contribution in [1.29, 1.82) is 0 Å². The van der Waals surface area contributed by atoms with Crippen LogP contribution in [0.1, 0.15) is 0 Å². The molecule has 2 aromatic heterocycles. The Kier molecular flexibility index (Phi) is 1.84. The molecule has 0 fully saturated rings. The largest absolute Gasteiger partial charge is 0.382 e. The molecule has 0 aliphatic rings. The second-order valence-electron chi connectivity index (χ2n) is 2.43. The van der Waals surface area contributed by atoms with E-state index in [2.05, 4.69) is 20.2 Å². The maximum absolute atomic E-state index is 5.62. The molecule has 64 valence electrons. The molecule has 2 N–H and O–H groups in total. The number of nitrogens with two attached hydrogens (primary N) is 1. The topological polar surface area (TPSA) is 77.6 Å². The van der Waals surface area contributed by atoms with Crippen molar-refractivity contribution in [2.45, 2.75) is 0 Å². The summed E-state index contributed by atoms with van der Waals surface area (Å²) < 4.78 is 0. The number of nitrogens with zero attached hydrogens (tertiary/aromatic N) is 4. The van der Waals surface area contributed by atoms with Gasteiger partial charge < -0.3 is 5.73 Å². The molecule has 0 bridgehead atoms. The van der Waals surface area contributed by atoms with Crippen LogP contribution < -0.4 is 5.73 Å². The quantitative estimate of drug-likeness (QED) is 0.680. The lowest BCUT2D eigenvalue weighted by molar-refractivity contribution is 0.982. The molecule has 0 radical (unpaired) electrons. The number of nitrogen functional groups attached to an aromatic ring is 1. The van der Waals surface area contributed by atoms with Crippen molar-refractivity contribution >= 4 is 5.82 Å². The second kappa shape index (κ2) is 3.14. The van der Waals surface area contributed by atoms with Crippen LogP contribution in [0.2, 0.25) is 0 Å². The lowest BCUT2D eigenvalue weighted by Gasteiger charge is -2.00. The highest BCUT2D eigenvalue weighted by molar-refractivity contribution is 5.68. The van der Waals surface area contributed by atoms with E-state index in [4.69, 9.17) is 5.73 Å². The SMILES string of the molecule is Nc1ncnnc1-c1ccncc1. The number of pyridine rings is 1. The van der Waals surface area contributed by atoms with Gasteiger partial charge in [0.05, 0.1) is 0 Å². The lowest BCUT2D eigenvalue weighted by atomic mass is 10.2. The Morgan fingerprint density at radius 1 is 1.15 bits per heavy atom. The molecule has 5 heteroatoms. The number of anilines is 1. The third-order valence-electron chi connectivity index (χ3n) is 1.60. The minimum Gasteiger partial charge on any atom is -0.382 e. The van der Waals surface area contributed by atoms with E-state index < -0.39 is 0 Å². The fourth-order valence-electron chi connectivity index (χ4n) is 0.999. The molecule has 0 amide bonds. The van der Waals surface area contributed by atoms with E-state index in [1.165, 1.54) is 6.33 Å². The summed E-state index contributed by atoms with van der Waals surface area (Å²) in [5.74, 6) is 0.376. The van der Waals surface area contributed by atoms with Crippen LogP contribution in [0, 0.1) is 0 Å². The van der Waals surface area contributed by atoms with Gasteiger partial charge >= 0.3 is 0 Å². The zero-order valence-corrected chi connectivity index (χ0v) is 6.75. The lowest BCUT2D eigenvalue weighted by Crippen LogP contribution is -1.98. The Balaban J connectivity index is 2.54. The predicted octanol–water partition coefficient (Wildman–Crippen LogP) is 0.516. The van der Waals surface area contributed by atoms with E-state index in [0.29, 0.717) is 11.5 Å². The number of aromatic nitrogens is 4. The van der Waals surface area contributed by atoms with Crippen molar-refractivity contribution in [3.63, 3.8) is 0 Å². The van der Waals surface area contributed by atoms with E-state index in [9.17, 15) is 0 Å². The second-order valence-corrected chi connectivity index (χ2v) is 2.43. The molecule has 0 spiro atoms. The Labute approximate surface area is 74.7 Å². The van der Waals surface area contributed by atoms with Crippen LogP contribution in [0.5, 0.6) is 0 Å². The van der Waals surface area contributed by atoms with Gasteiger partial charge in [-0.2, -0.15) is 0 Å². The van der Waals surface area contributed by atoms with Crippen LogP contribution >= 0.6 is 0 Å². The Morgan fingerprint density at radius 2 is 1.92 bits per heavy atom. The first-order valence-electron chi connectivity index (χ1n) is 3.71. The monoisotopic (exact) mass is 173 g/mol. The van der Waals surface area contributed by atoms with Gasteiger partial charge in [0, 0.05) is 18.0 Å². The molecule has 0 atom stereocenters. The van der Waals surface area contributed by atoms with Gasteiger partial charge in [-0.3, -0.25) is 4.98 Å². The average molecular weight is 173 g/mol. The molecule has 0 saturated carbocycles. The van der Waals surface area contributed by atoms with Crippen molar-refractivity contribution in [2.24, 2.45) is 0 Å². The first kappa shape index (κ1) is 7.60. The van der Waals surface area contributed by atoms with Crippen LogP contribution in [0.3, 0.4) is 0 Å². The Bertz CT molecular complexity index is 400. The summed E-state index contributed by atoms with van der Waals surface area (Å²) in [7, 11) is 0. The minimum absolute atomic E-state index is 0.376. The summed E-state index contributed by atoms with van der Waals surface area (Å²) in [6.07, 6.45) is 4.66. The first-order chi connectivity index (χ1) is 6.38. The number of hydrogen-bond donors (Lipinski definition) is 1. The summed E-state index contributed by atoms with van der Waals surface area (Å²) in [6, 6.07) is 3.62. The molecule has 0 aliphatic carbocycles. The molecule has 2 aromatic rings. The molecule has 2 rings (SSSR count). The summed E-state index contributed by atoms with van der Waals surface area (Å²) >= 11 is 0. The van der Waals surface area contributed by atoms with Crippen LogP contribution in [-0.4, -0.2) is 20.2 Å². The molecule has 13 heavy (non-hydrogen) atoms. The van der Waals surface area contributed by atoms with Crippen LogP contribution in [-0.2, 0) is 0 Å². The van der Waals surface area contributed by atoms with Gasteiger partial charge in [-0.15, -0.1) is 10.2 Å². The fourth-order valence-corrected chi connectivity index (χ4v) is 0.999. The fraction of sp³-hybridized carbons (Fsp3) is 0. The van der Waals surface area contributed by atoms with Gasteiger partial charge in [0.2, 0.25) is 0 Å². The third kappa shape index (κ3) is 1.44. The van der Waals surface area contributed by atoms with E-state index in [1.54, 1.807) is 12.4 Å².